The van der Waals surface area contributed by atoms with Crippen LogP contribution in [0.25, 0.3) is 0 Å². The molecule has 2 atom stereocenters. The normalized spacial score (nSPS) is 23.7. The summed E-state index contributed by atoms with van der Waals surface area (Å²) < 4.78 is 0. The van der Waals surface area contributed by atoms with Gasteiger partial charge in [-0.25, -0.2) is 0 Å². The van der Waals surface area contributed by atoms with Crippen LogP contribution in [0.3, 0.4) is 0 Å². The van der Waals surface area contributed by atoms with E-state index in [1.165, 1.54) is 12.8 Å². The number of halogens is 2. The zero-order chi connectivity index (χ0) is 13.8. The zero-order valence-corrected chi connectivity index (χ0v) is 13.1. The third kappa shape index (κ3) is 3.36. The molecule has 0 aliphatic carbocycles. The third-order valence-electron chi connectivity index (χ3n) is 3.85. The molecule has 2 unspecified atom stereocenters. The van der Waals surface area contributed by atoms with Crippen LogP contribution in [0.4, 0.5) is 5.69 Å². The molecule has 1 aromatic carbocycles. The fraction of sp³-hybridized carbons (Fsp3) is 0.600. The maximum Gasteiger partial charge on any atom is 0.0825 e. The van der Waals surface area contributed by atoms with Gasteiger partial charge >= 0.3 is 0 Å². The van der Waals surface area contributed by atoms with Crippen LogP contribution in [0, 0.1) is 0 Å². The van der Waals surface area contributed by atoms with Crippen LogP contribution < -0.4 is 10.2 Å². The predicted octanol–water partition coefficient (Wildman–Crippen LogP) is 4.35. The summed E-state index contributed by atoms with van der Waals surface area (Å²) in [6, 6.07) is 6.94. The lowest BCUT2D eigenvalue weighted by atomic mass is 10.0. The van der Waals surface area contributed by atoms with Crippen LogP contribution in [0.15, 0.2) is 18.2 Å². The summed E-state index contributed by atoms with van der Waals surface area (Å²) in [5.41, 5.74) is 1.07. The maximum atomic E-state index is 6.38. The lowest BCUT2D eigenvalue weighted by molar-refractivity contribution is 0.369. The molecule has 0 aromatic heterocycles. The van der Waals surface area contributed by atoms with Crippen molar-refractivity contribution in [2.45, 2.75) is 45.2 Å². The second-order valence-electron chi connectivity index (χ2n) is 5.18. The molecule has 2 rings (SSSR count). The molecule has 1 fully saturated rings. The molecule has 1 heterocycles. The van der Waals surface area contributed by atoms with E-state index in [-0.39, 0.29) is 0 Å². The number of nitrogens with one attached hydrogen (secondary N) is 1. The highest BCUT2D eigenvalue weighted by Gasteiger charge is 2.27. The van der Waals surface area contributed by atoms with Crippen molar-refractivity contribution in [3.05, 3.63) is 28.2 Å². The Balaban J connectivity index is 2.24. The van der Waals surface area contributed by atoms with E-state index in [0.29, 0.717) is 22.1 Å². The highest BCUT2D eigenvalue weighted by atomic mass is 35.5. The highest BCUT2D eigenvalue weighted by Crippen LogP contribution is 2.34. The van der Waals surface area contributed by atoms with Crippen LogP contribution in [-0.2, 0) is 0 Å². The molecular weight excluding hydrogens is 279 g/mol. The number of hydrogen-bond donors (Lipinski definition) is 1. The Hall–Kier alpha value is -0.440. The van der Waals surface area contributed by atoms with Gasteiger partial charge in [-0.3, -0.25) is 0 Å². The van der Waals surface area contributed by atoms with Gasteiger partial charge in [-0.2, -0.15) is 0 Å². The van der Waals surface area contributed by atoms with Gasteiger partial charge in [-0.05, 0) is 25.0 Å². The predicted molar refractivity (Wildman–Crippen MR) is 84.6 cm³/mol. The van der Waals surface area contributed by atoms with Crippen molar-refractivity contribution in [1.82, 2.24) is 5.32 Å². The van der Waals surface area contributed by atoms with Crippen molar-refractivity contribution in [2.24, 2.45) is 0 Å². The number of piperazine rings is 1. The van der Waals surface area contributed by atoms with Crippen molar-refractivity contribution in [3.63, 3.8) is 0 Å². The molecule has 1 N–H and O–H groups in total. The van der Waals surface area contributed by atoms with E-state index in [2.05, 4.69) is 30.1 Å². The second kappa shape index (κ2) is 6.83. The topological polar surface area (TPSA) is 15.3 Å². The molecule has 0 radical (unpaired) electrons. The van der Waals surface area contributed by atoms with Crippen LogP contribution in [0.1, 0.15) is 33.1 Å². The molecule has 1 aliphatic rings. The Morgan fingerprint density at radius 1 is 1.32 bits per heavy atom. The Bertz CT molecular complexity index is 423. The standard InChI is InChI=1S/C15H22Cl2N2/c1-3-6-11-10-19(12(4-2)9-18-11)14-8-5-7-13(16)15(14)17/h5,7-8,11-12,18H,3-4,6,9-10H2,1-2H3. The van der Waals surface area contributed by atoms with Crippen LogP contribution in [0.2, 0.25) is 10.0 Å². The molecule has 1 saturated heterocycles. The Morgan fingerprint density at radius 2 is 2.11 bits per heavy atom. The summed E-state index contributed by atoms with van der Waals surface area (Å²) in [5, 5.41) is 4.96. The number of rotatable bonds is 4. The minimum absolute atomic E-state index is 0.490. The number of benzene rings is 1. The smallest absolute Gasteiger partial charge is 0.0825 e. The van der Waals surface area contributed by atoms with Gasteiger partial charge in [0.15, 0.2) is 0 Å². The minimum atomic E-state index is 0.490. The molecule has 0 saturated carbocycles. The minimum Gasteiger partial charge on any atom is -0.364 e. The van der Waals surface area contributed by atoms with Crippen molar-refractivity contribution in [3.8, 4) is 0 Å². The highest BCUT2D eigenvalue weighted by molar-refractivity contribution is 6.43. The van der Waals surface area contributed by atoms with Crippen LogP contribution in [-0.4, -0.2) is 25.2 Å². The van der Waals surface area contributed by atoms with E-state index < -0.39 is 0 Å². The quantitative estimate of drug-likeness (QED) is 0.889. The first-order valence-corrected chi connectivity index (χ1v) is 7.87. The molecule has 0 amide bonds. The molecular formula is C15H22Cl2N2. The number of hydrogen-bond acceptors (Lipinski definition) is 2. The number of nitrogens with zero attached hydrogens (tertiary/aromatic N) is 1. The molecule has 106 valence electrons. The first kappa shape index (κ1) is 15.0. The summed E-state index contributed by atoms with van der Waals surface area (Å²) >= 11 is 12.5. The Kier molecular flexibility index (Phi) is 5.37. The first-order valence-electron chi connectivity index (χ1n) is 7.11. The zero-order valence-electron chi connectivity index (χ0n) is 11.6. The largest absolute Gasteiger partial charge is 0.364 e. The Morgan fingerprint density at radius 3 is 2.79 bits per heavy atom. The number of anilines is 1. The second-order valence-corrected chi connectivity index (χ2v) is 5.97. The fourth-order valence-corrected chi connectivity index (χ4v) is 3.18. The maximum absolute atomic E-state index is 6.38. The van der Waals surface area contributed by atoms with Crippen molar-refractivity contribution in [1.29, 1.82) is 0 Å². The molecule has 1 aromatic rings. The summed E-state index contributed by atoms with van der Waals surface area (Å²) in [4.78, 5) is 2.42. The van der Waals surface area contributed by atoms with E-state index in [4.69, 9.17) is 23.2 Å². The van der Waals surface area contributed by atoms with Gasteiger partial charge in [0.05, 0.1) is 15.7 Å². The molecule has 2 nitrogen and oxygen atoms in total. The lowest BCUT2D eigenvalue weighted by Gasteiger charge is -2.42. The van der Waals surface area contributed by atoms with Gasteiger partial charge in [-0.15, -0.1) is 0 Å². The summed E-state index contributed by atoms with van der Waals surface area (Å²) in [6.45, 7) is 6.47. The van der Waals surface area contributed by atoms with Gasteiger partial charge in [0.1, 0.15) is 0 Å². The molecule has 19 heavy (non-hydrogen) atoms. The van der Waals surface area contributed by atoms with Gasteiger partial charge in [0, 0.05) is 25.2 Å². The SMILES string of the molecule is CCCC1CN(c2cccc(Cl)c2Cl)C(CC)CN1. The van der Waals surface area contributed by atoms with E-state index >= 15 is 0 Å². The van der Waals surface area contributed by atoms with Gasteiger partial charge in [-0.1, -0.05) is 49.5 Å². The van der Waals surface area contributed by atoms with E-state index in [0.717, 1.165) is 25.2 Å². The van der Waals surface area contributed by atoms with Gasteiger partial charge in [0.2, 0.25) is 0 Å². The average molecular weight is 301 g/mol. The van der Waals surface area contributed by atoms with Crippen LogP contribution >= 0.6 is 23.2 Å². The van der Waals surface area contributed by atoms with E-state index in [1.807, 2.05) is 12.1 Å². The fourth-order valence-electron chi connectivity index (χ4n) is 2.78. The van der Waals surface area contributed by atoms with E-state index in [9.17, 15) is 0 Å². The van der Waals surface area contributed by atoms with E-state index in [1.54, 1.807) is 0 Å². The molecule has 1 aliphatic heterocycles. The van der Waals surface area contributed by atoms with Gasteiger partial charge in [0.25, 0.3) is 0 Å². The van der Waals surface area contributed by atoms with Gasteiger partial charge < -0.3 is 10.2 Å². The first-order chi connectivity index (χ1) is 9.17. The molecule has 4 heteroatoms. The van der Waals surface area contributed by atoms with Crippen molar-refractivity contribution >= 4 is 28.9 Å². The lowest BCUT2D eigenvalue weighted by Crippen LogP contribution is -2.56. The summed E-state index contributed by atoms with van der Waals surface area (Å²) in [7, 11) is 0. The van der Waals surface area contributed by atoms with Crippen LogP contribution in [0.5, 0.6) is 0 Å². The third-order valence-corrected chi connectivity index (χ3v) is 4.66. The summed E-state index contributed by atoms with van der Waals surface area (Å²) in [6.07, 6.45) is 3.51. The summed E-state index contributed by atoms with van der Waals surface area (Å²) in [5.74, 6) is 0. The Labute approximate surface area is 126 Å². The van der Waals surface area contributed by atoms with Crippen molar-refractivity contribution < 1.29 is 0 Å². The van der Waals surface area contributed by atoms with Crippen molar-refractivity contribution in [2.75, 3.05) is 18.0 Å². The monoisotopic (exact) mass is 300 g/mol. The molecule has 0 spiro atoms. The molecule has 0 bridgehead atoms. The average Bonchev–Trinajstić information content (AvgIpc) is 2.42.